The van der Waals surface area contributed by atoms with E-state index in [1.165, 1.54) is 0 Å². The van der Waals surface area contributed by atoms with E-state index < -0.39 is 0 Å². The zero-order chi connectivity index (χ0) is 14.8. The smallest absolute Gasteiger partial charge is 0.123 e. The number of nitrogens with zero attached hydrogens (tertiary/aromatic N) is 1. The number of aromatic hydroxyl groups is 1. The molecule has 0 aromatic heterocycles. The van der Waals surface area contributed by atoms with Crippen molar-refractivity contribution in [3.8, 4) is 5.75 Å². The first-order chi connectivity index (χ1) is 8.55. The molecule has 0 saturated carbocycles. The highest BCUT2D eigenvalue weighted by atomic mass is 16.3. The van der Waals surface area contributed by atoms with E-state index in [-0.39, 0.29) is 10.8 Å². The second-order valence-electron chi connectivity index (χ2n) is 7.39. The Morgan fingerprint density at radius 1 is 1.00 bits per heavy atom. The Hall–Kier alpha value is -1.02. The molecular weight excluding hydrogens is 234 g/mol. The van der Waals surface area contributed by atoms with Gasteiger partial charge in [0, 0.05) is 0 Å². The third-order valence-electron chi connectivity index (χ3n) is 3.76. The summed E-state index contributed by atoms with van der Waals surface area (Å²) in [5.74, 6) is 0.471. The van der Waals surface area contributed by atoms with Gasteiger partial charge in [-0.2, -0.15) is 0 Å². The minimum atomic E-state index is -0.0300. The van der Waals surface area contributed by atoms with E-state index in [1.807, 2.05) is 6.07 Å². The highest BCUT2D eigenvalue weighted by molar-refractivity contribution is 5.47. The third kappa shape index (κ3) is 3.97. The molecule has 0 aliphatic carbocycles. The van der Waals surface area contributed by atoms with Gasteiger partial charge in [0.15, 0.2) is 0 Å². The Kier molecular flexibility index (Phi) is 4.67. The topological polar surface area (TPSA) is 23.5 Å². The maximum atomic E-state index is 10.6. The molecule has 1 aromatic carbocycles. The van der Waals surface area contributed by atoms with E-state index in [0.717, 1.165) is 24.1 Å². The molecule has 0 bridgehead atoms. The lowest BCUT2D eigenvalue weighted by Crippen LogP contribution is -2.25. The molecule has 0 fully saturated rings. The Balaban J connectivity index is 3.14. The standard InChI is InChI=1S/C17H29NO/c1-16(2,3)13-9-8-10-14(15(13)19)17(4,5)11-12-18(6)7/h8-10,19H,11-12H2,1-7H3. The van der Waals surface area contributed by atoms with Crippen LogP contribution >= 0.6 is 0 Å². The summed E-state index contributed by atoms with van der Waals surface area (Å²) in [4.78, 5) is 2.19. The Morgan fingerprint density at radius 3 is 2.00 bits per heavy atom. The average molecular weight is 263 g/mol. The normalized spacial score (nSPS) is 13.1. The molecule has 1 N–H and O–H groups in total. The fraction of sp³-hybridized carbons (Fsp3) is 0.647. The van der Waals surface area contributed by atoms with Crippen LogP contribution in [0.2, 0.25) is 0 Å². The molecule has 0 atom stereocenters. The number of para-hydroxylation sites is 1. The molecule has 0 spiro atoms. The maximum Gasteiger partial charge on any atom is 0.123 e. The van der Waals surface area contributed by atoms with Gasteiger partial charge in [-0.25, -0.2) is 0 Å². The van der Waals surface area contributed by atoms with Gasteiger partial charge in [0.2, 0.25) is 0 Å². The molecule has 1 rings (SSSR count). The fourth-order valence-corrected chi connectivity index (χ4v) is 2.33. The van der Waals surface area contributed by atoms with Gasteiger partial charge in [0.25, 0.3) is 0 Å². The Morgan fingerprint density at radius 2 is 1.53 bits per heavy atom. The predicted octanol–water partition coefficient (Wildman–Crippen LogP) is 3.92. The monoisotopic (exact) mass is 263 g/mol. The summed E-state index contributed by atoms with van der Waals surface area (Å²) in [6, 6.07) is 6.15. The first kappa shape index (κ1) is 16.0. The van der Waals surface area contributed by atoms with Crippen LogP contribution in [0, 0.1) is 0 Å². The van der Waals surface area contributed by atoms with Crippen molar-refractivity contribution in [2.24, 2.45) is 0 Å². The van der Waals surface area contributed by atoms with E-state index >= 15 is 0 Å². The van der Waals surface area contributed by atoms with Crippen LogP contribution in [0.5, 0.6) is 5.75 Å². The first-order valence-corrected chi connectivity index (χ1v) is 7.03. The van der Waals surface area contributed by atoms with Gasteiger partial charge in [-0.3, -0.25) is 0 Å². The van der Waals surface area contributed by atoms with Crippen LogP contribution in [0.15, 0.2) is 18.2 Å². The van der Waals surface area contributed by atoms with E-state index in [0.29, 0.717) is 5.75 Å². The van der Waals surface area contributed by atoms with Crippen molar-refractivity contribution in [1.29, 1.82) is 0 Å². The van der Waals surface area contributed by atoms with Crippen molar-refractivity contribution in [2.45, 2.75) is 51.9 Å². The van der Waals surface area contributed by atoms with Gasteiger partial charge in [0.05, 0.1) is 0 Å². The molecule has 0 aliphatic rings. The number of hydrogen-bond acceptors (Lipinski definition) is 2. The molecule has 19 heavy (non-hydrogen) atoms. The highest BCUT2D eigenvalue weighted by Crippen LogP contribution is 2.40. The minimum absolute atomic E-state index is 0.0182. The van der Waals surface area contributed by atoms with E-state index in [1.54, 1.807) is 0 Å². The van der Waals surface area contributed by atoms with Crippen LogP contribution in [0.3, 0.4) is 0 Å². The molecule has 108 valence electrons. The van der Waals surface area contributed by atoms with Crippen molar-refractivity contribution in [3.05, 3.63) is 29.3 Å². The molecular formula is C17H29NO. The number of phenols is 1. The van der Waals surface area contributed by atoms with Gasteiger partial charge in [-0.15, -0.1) is 0 Å². The zero-order valence-corrected chi connectivity index (χ0v) is 13.5. The van der Waals surface area contributed by atoms with Crippen molar-refractivity contribution in [1.82, 2.24) is 4.90 Å². The predicted molar refractivity (Wildman–Crippen MR) is 83.0 cm³/mol. The Labute approximate surface area is 118 Å². The fourth-order valence-electron chi connectivity index (χ4n) is 2.33. The Bertz CT molecular complexity index is 427. The largest absolute Gasteiger partial charge is 0.507 e. The molecule has 2 nitrogen and oxygen atoms in total. The van der Waals surface area contributed by atoms with Crippen molar-refractivity contribution in [3.63, 3.8) is 0 Å². The lowest BCUT2D eigenvalue weighted by molar-refractivity contribution is 0.333. The minimum Gasteiger partial charge on any atom is -0.507 e. The SMILES string of the molecule is CN(C)CCC(C)(C)c1cccc(C(C)(C)C)c1O. The van der Waals surface area contributed by atoms with Crippen molar-refractivity contribution >= 4 is 0 Å². The first-order valence-electron chi connectivity index (χ1n) is 7.03. The van der Waals surface area contributed by atoms with Gasteiger partial charge in [-0.1, -0.05) is 52.8 Å². The summed E-state index contributed by atoms with van der Waals surface area (Å²) in [6.45, 7) is 11.8. The second kappa shape index (κ2) is 5.54. The number of hydrogen-bond donors (Lipinski definition) is 1. The molecule has 0 saturated heterocycles. The summed E-state index contributed by atoms with van der Waals surface area (Å²) in [5, 5.41) is 10.6. The van der Waals surface area contributed by atoms with E-state index in [4.69, 9.17) is 0 Å². The molecule has 0 aliphatic heterocycles. The van der Waals surface area contributed by atoms with Crippen LogP contribution in [-0.4, -0.2) is 30.6 Å². The molecule has 2 heteroatoms. The van der Waals surface area contributed by atoms with Gasteiger partial charge >= 0.3 is 0 Å². The molecule has 0 heterocycles. The number of rotatable bonds is 4. The lowest BCUT2D eigenvalue weighted by atomic mass is 9.77. The van der Waals surface area contributed by atoms with Crippen LogP contribution in [-0.2, 0) is 10.8 Å². The van der Waals surface area contributed by atoms with Gasteiger partial charge < -0.3 is 10.0 Å². The number of benzene rings is 1. The molecule has 0 radical (unpaired) electrons. The zero-order valence-electron chi connectivity index (χ0n) is 13.5. The van der Waals surface area contributed by atoms with Crippen LogP contribution in [0.1, 0.15) is 52.2 Å². The second-order valence-corrected chi connectivity index (χ2v) is 7.39. The summed E-state index contributed by atoms with van der Waals surface area (Å²) in [6.07, 6.45) is 1.03. The molecule has 0 amide bonds. The third-order valence-corrected chi connectivity index (χ3v) is 3.76. The van der Waals surface area contributed by atoms with Crippen LogP contribution in [0.4, 0.5) is 0 Å². The van der Waals surface area contributed by atoms with Crippen molar-refractivity contribution < 1.29 is 5.11 Å². The van der Waals surface area contributed by atoms with Crippen LogP contribution in [0.25, 0.3) is 0 Å². The van der Waals surface area contributed by atoms with Crippen LogP contribution < -0.4 is 0 Å². The molecule has 0 unspecified atom stereocenters. The summed E-state index contributed by atoms with van der Waals surface area (Å²) < 4.78 is 0. The average Bonchev–Trinajstić information content (AvgIpc) is 2.25. The summed E-state index contributed by atoms with van der Waals surface area (Å²) in [5.41, 5.74) is 2.04. The van der Waals surface area contributed by atoms with E-state index in [2.05, 4.69) is 65.7 Å². The molecule has 1 aromatic rings. The maximum absolute atomic E-state index is 10.6. The highest BCUT2D eigenvalue weighted by Gasteiger charge is 2.27. The lowest BCUT2D eigenvalue weighted by Gasteiger charge is -2.30. The number of phenolic OH excluding ortho intramolecular Hbond substituents is 1. The summed E-state index contributed by atoms with van der Waals surface area (Å²) in [7, 11) is 4.17. The summed E-state index contributed by atoms with van der Waals surface area (Å²) >= 11 is 0. The van der Waals surface area contributed by atoms with Gasteiger partial charge in [-0.05, 0) is 49.0 Å². The quantitative estimate of drug-likeness (QED) is 0.890. The van der Waals surface area contributed by atoms with E-state index in [9.17, 15) is 5.11 Å². The van der Waals surface area contributed by atoms with Crippen molar-refractivity contribution in [2.75, 3.05) is 20.6 Å². The van der Waals surface area contributed by atoms with Gasteiger partial charge in [0.1, 0.15) is 5.75 Å².